The van der Waals surface area contributed by atoms with Crippen molar-refractivity contribution in [3.63, 3.8) is 0 Å². The molecule has 0 saturated carbocycles. The molecule has 1 N–H and O–H groups in total. The van der Waals surface area contributed by atoms with Crippen LogP contribution >= 0.6 is 0 Å². The number of nitrogens with zero attached hydrogens (tertiary/aromatic N) is 1. The number of aryl methyl sites for hydroxylation is 1. The number of ether oxygens (including phenoxy) is 1. The van der Waals surface area contributed by atoms with Crippen molar-refractivity contribution in [3.8, 4) is 16.9 Å². The molecule has 158 valence electrons. The number of carboxylic acids is 1. The Bertz CT molecular complexity index is 740. The lowest BCUT2D eigenvalue weighted by atomic mass is 9.99. The van der Waals surface area contributed by atoms with Crippen LogP contribution in [-0.2, 0) is 6.42 Å². The number of pyridine rings is 1. The van der Waals surface area contributed by atoms with Gasteiger partial charge in [-0.1, -0.05) is 70.9 Å². The van der Waals surface area contributed by atoms with Crippen LogP contribution in [0.2, 0.25) is 0 Å². The molecule has 0 aliphatic rings. The van der Waals surface area contributed by atoms with Crippen LogP contribution in [0.3, 0.4) is 0 Å². The van der Waals surface area contributed by atoms with Crippen molar-refractivity contribution in [3.05, 3.63) is 47.8 Å². The van der Waals surface area contributed by atoms with E-state index in [1.807, 2.05) is 30.3 Å². The van der Waals surface area contributed by atoms with Gasteiger partial charge in [0, 0.05) is 11.8 Å². The predicted molar refractivity (Wildman–Crippen MR) is 119 cm³/mol. The average Bonchev–Trinajstić information content (AvgIpc) is 2.73. The third kappa shape index (κ3) is 7.88. The average molecular weight is 398 g/mol. The van der Waals surface area contributed by atoms with E-state index in [1.54, 1.807) is 6.20 Å². The van der Waals surface area contributed by atoms with Crippen molar-refractivity contribution < 1.29 is 14.6 Å². The van der Waals surface area contributed by atoms with Gasteiger partial charge in [-0.15, -0.1) is 0 Å². The molecule has 29 heavy (non-hydrogen) atoms. The Morgan fingerprint density at radius 1 is 0.931 bits per heavy atom. The number of carboxylic acid groups (broad SMARTS) is 1. The topological polar surface area (TPSA) is 59.4 Å². The molecule has 0 aliphatic carbocycles. The molecule has 0 amide bonds. The number of carbonyl (C=O) groups is 1. The van der Waals surface area contributed by atoms with E-state index < -0.39 is 5.97 Å². The molecule has 0 spiro atoms. The van der Waals surface area contributed by atoms with Crippen LogP contribution in [0.15, 0.2) is 36.5 Å². The molecule has 0 radical (unpaired) electrons. The fourth-order valence-corrected chi connectivity index (χ4v) is 3.42. The highest BCUT2D eigenvalue weighted by Gasteiger charge is 2.14. The van der Waals surface area contributed by atoms with E-state index in [0.29, 0.717) is 5.56 Å². The molecule has 1 heterocycles. The molecule has 0 saturated heterocycles. The number of benzene rings is 1. The summed E-state index contributed by atoms with van der Waals surface area (Å²) in [6.45, 7) is 5.12. The number of rotatable bonds is 14. The lowest BCUT2D eigenvalue weighted by Gasteiger charge is -2.10. The molecular formula is C25H35NO3. The van der Waals surface area contributed by atoms with E-state index in [0.717, 1.165) is 42.7 Å². The number of hydrogen-bond acceptors (Lipinski definition) is 3. The first-order valence-corrected chi connectivity index (χ1v) is 11.1. The molecule has 0 atom stereocenters. The van der Waals surface area contributed by atoms with Gasteiger partial charge < -0.3 is 9.84 Å². The summed E-state index contributed by atoms with van der Waals surface area (Å²) in [7, 11) is 0. The summed E-state index contributed by atoms with van der Waals surface area (Å²) in [5, 5.41) is 9.55. The van der Waals surface area contributed by atoms with Crippen LogP contribution in [0.5, 0.6) is 5.75 Å². The second kappa shape index (κ2) is 13.0. The van der Waals surface area contributed by atoms with Crippen LogP contribution in [0.4, 0.5) is 0 Å². The summed E-state index contributed by atoms with van der Waals surface area (Å²) in [4.78, 5) is 15.9. The molecule has 1 aromatic carbocycles. The Morgan fingerprint density at radius 3 is 2.24 bits per heavy atom. The molecule has 2 aromatic rings. The van der Waals surface area contributed by atoms with Crippen molar-refractivity contribution in [2.45, 2.75) is 78.1 Å². The van der Waals surface area contributed by atoms with Crippen LogP contribution in [0.25, 0.3) is 11.1 Å². The van der Waals surface area contributed by atoms with Gasteiger partial charge in [0.2, 0.25) is 0 Å². The maximum atomic E-state index is 11.6. The molecule has 0 aliphatic heterocycles. The maximum Gasteiger partial charge on any atom is 0.355 e. The highest BCUT2D eigenvalue weighted by atomic mass is 16.5. The van der Waals surface area contributed by atoms with E-state index in [-0.39, 0.29) is 5.69 Å². The monoisotopic (exact) mass is 397 g/mol. The fraction of sp³-hybridized carbons (Fsp3) is 0.520. The van der Waals surface area contributed by atoms with Gasteiger partial charge in [0.25, 0.3) is 0 Å². The Labute approximate surface area is 175 Å². The first-order valence-electron chi connectivity index (χ1n) is 11.1. The van der Waals surface area contributed by atoms with Crippen LogP contribution in [-0.4, -0.2) is 22.7 Å². The zero-order valence-corrected chi connectivity index (χ0v) is 18.0. The van der Waals surface area contributed by atoms with Crippen LogP contribution in [0.1, 0.15) is 87.7 Å². The molecule has 0 bridgehead atoms. The quantitative estimate of drug-likeness (QED) is 0.352. The molecular weight excluding hydrogens is 362 g/mol. The first-order chi connectivity index (χ1) is 14.2. The summed E-state index contributed by atoms with van der Waals surface area (Å²) < 4.78 is 5.80. The van der Waals surface area contributed by atoms with Gasteiger partial charge in [-0.25, -0.2) is 9.78 Å². The summed E-state index contributed by atoms with van der Waals surface area (Å²) in [6.07, 6.45) is 13.4. The van der Waals surface area contributed by atoms with Gasteiger partial charge in [0.1, 0.15) is 5.75 Å². The van der Waals surface area contributed by atoms with Crippen molar-refractivity contribution in [2.24, 2.45) is 0 Å². The van der Waals surface area contributed by atoms with Gasteiger partial charge in [0.15, 0.2) is 5.69 Å². The summed E-state index contributed by atoms with van der Waals surface area (Å²) in [5.41, 5.74) is 2.74. The number of aromatic nitrogens is 1. The summed E-state index contributed by atoms with van der Waals surface area (Å²) in [6, 6.07) is 9.67. The Hall–Kier alpha value is -2.36. The van der Waals surface area contributed by atoms with E-state index in [9.17, 15) is 9.90 Å². The molecule has 4 heteroatoms. The lowest BCUT2D eigenvalue weighted by Crippen LogP contribution is -2.04. The van der Waals surface area contributed by atoms with Crippen molar-refractivity contribution in [1.29, 1.82) is 0 Å². The SMILES string of the molecule is CCCCCCCc1cnc(C(=O)O)c(-c2ccc(OCCCCCC)cc2)c1. The molecule has 0 unspecified atom stereocenters. The normalized spacial score (nSPS) is 10.8. The predicted octanol–water partition coefficient (Wildman–Crippen LogP) is 6.92. The second-order valence-corrected chi connectivity index (χ2v) is 7.64. The summed E-state index contributed by atoms with van der Waals surface area (Å²) >= 11 is 0. The number of aromatic carboxylic acids is 1. The van der Waals surface area contributed by atoms with E-state index in [1.165, 1.54) is 44.9 Å². The van der Waals surface area contributed by atoms with E-state index in [2.05, 4.69) is 18.8 Å². The molecule has 4 nitrogen and oxygen atoms in total. The molecule has 1 aromatic heterocycles. The summed E-state index contributed by atoms with van der Waals surface area (Å²) in [5.74, 6) is -0.173. The van der Waals surface area contributed by atoms with Crippen molar-refractivity contribution >= 4 is 5.97 Å². The maximum absolute atomic E-state index is 11.6. The van der Waals surface area contributed by atoms with Gasteiger partial charge in [0.05, 0.1) is 6.61 Å². The Morgan fingerprint density at radius 2 is 1.59 bits per heavy atom. The van der Waals surface area contributed by atoms with Gasteiger partial charge >= 0.3 is 5.97 Å². The second-order valence-electron chi connectivity index (χ2n) is 7.64. The standard InChI is InChI=1S/C25H35NO3/c1-3-5-7-9-10-12-20-18-23(24(25(27)28)26-19-20)21-13-15-22(16-14-21)29-17-11-8-6-4-2/h13-16,18-19H,3-12,17H2,1-2H3,(H,27,28). The van der Waals surface area contributed by atoms with E-state index >= 15 is 0 Å². The van der Waals surface area contributed by atoms with Gasteiger partial charge in [-0.3, -0.25) is 0 Å². The Balaban J connectivity index is 2.04. The minimum absolute atomic E-state index is 0.105. The lowest BCUT2D eigenvalue weighted by molar-refractivity contribution is 0.0691. The van der Waals surface area contributed by atoms with Gasteiger partial charge in [-0.05, 0) is 48.6 Å². The van der Waals surface area contributed by atoms with Crippen molar-refractivity contribution in [1.82, 2.24) is 4.98 Å². The van der Waals surface area contributed by atoms with Gasteiger partial charge in [-0.2, -0.15) is 0 Å². The largest absolute Gasteiger partial charge is 0.494 e. The minimum atomic E-state index is -0.995. The highest BCUT2D eigenvalue weighted by molar-refractivity contribution is 5.94. The molecule has 2 rings (SSSR count). The smallest absolute Gasteiger partial charge is 0.355 e. The number of unbranched alkanes of at least 4 members (excludes halogenated alkanes) is 7. The third-order valence-corrected chi connectivity index (χ3v) is 5.15. The zero-order valence-electron chi connectivity index (χ0n) is 18.0. The first kappa shape index (κ1) is 22.9. The van der Waals surface area contributed by atoms with Crippen LogP contribution < -0.4 is 4.74 Å². The molecule has 0 fully saturated rings. The van der Waals surface area contributed by atoms with Crippen LogP contribution in [0, 0.1) is 0 Å². The van der Waals surface area contributed by atoms with Crippen molar-refractivity contribution in [2.75, 3.05) is 6.61 Å². The minimum Gasteiger partial charge on any atom is -0.494 e. The number of hydrogen-bond donors (Lipinski definition) is 1. The van der Waals surface area contributed by atoms with E-state index in [4.69, 9.17) is 4.74 Å². The highest BCUT2D eigenvalue weighted by Crippen LogP contribution is 2.27. The zero-order chi connectivity index (χ0) is 20.9. The Kier molecular flexibility index (Phi) is 10.3. The third-order valence-electron chi connectivity index (χ3n) is 5.15. The fourth-order valence-electron chi connectivity index (χ4n) is 3.42.